The van der Waals surface area contributed by atoms with E-state index in [4.69, 9.17) is 10.7 Å². The fourth-order valence-corrected chi connectivity index (χ4v) is 0.890. The van der Waals surface area contributed by atoms with Gasteiger partial charge in [-0.05, 0) is 13.8 Å². The van der Waals surface area contributed by atoms with Crippen molar-refractivity contribution >= 4 is 21.0 Å². The second kappa shape index (κ2) is 3.41. The summed E-state index contributed by atoms with van der Waals surface area (Å²) in [4.78, 5) is 0. The molecule has 0 rings (SSSR count). The number of halogens is 1. The first-order chi connectivity index (χ1) is 3.13. The summed E-state index contributed by atoms with van der Waals surface area (Å²) in [6.45, 7) is 3.53. The van der Waals surface area contributed by atoms with Gasteiger partial charge >= 0.3 is 0 Å². The van der Waals surface area contributed by atoms with Gasteiger partial charge in [-0.15, -0.1) is 0 Å². The van der Waals surface area contributed by atoms with Crippen molar-refractivity contribution in [1.82, 2.24) is 0 Å². The van der Waals surface area contributed by atoms with Crippen molar-refractivity contribution in [1.29, 1.82) is 0 Å². The molecule has 1 unspecified atom stereocenters. The number of hydrogen-bond donors (Lipinski definition) is 0. The van der Waals surface area contributed by atoms with E-state index in [1.165, 1.54) is 0 Å². The molecule has 0 aliphatic heterocycles. The molecule has 0 saturated heterocycles. The molecule has 4 heteroatoms. The summed E-state index contributed by atoms with van der Waals surface area (Å²) >= 11 is 0. The van der Waals surface area contributed by atoms with E-state index in [2.05, 4.69) is 4.18 Å². The Labute approximate surface area is 50.0 Å². The fraction of sp³-hybridized carbons (Fsp3) is 1.00. The van der Waals surface area contributed by atoms with Crippen LogP contribution in [-0.2, 0) is 14.5 Å². The highest BCUT2D eigenvalue weighted by Gasteiger charge is 1.95. The lowest BCUT2D eigenvalue weighted by Crippen LogP contribution is -1.99. The van der Waals surface area contributed by atoms with Crippen molar-refractivity contribution in [3.05, 3.63) is 0 Å². The number of hydrogen-bond acceptors (Lipinski definition) is 2. The quantitative estimate of drug-likeness (QED) is 0.542. The average Bonchev–Trinajstić information content (AvgIpc) is 1.27. The highest BCUT2D eigenvalue weighted by atomic mass is 35.7. The molecule has 1 atom stereocenters. The zero-order chi connectivity index (χ0) is 5.86. The van der Waals surface area contributed by atoms with Gasteiger partial charge < -0.3 is 0 Å². The van der Waals surface area contributed by atoms with Crippen molar-refractivity contribution in [2.24, 2.45) is 0 Å². The fourth-order valence-electron chi connectivity index (χ4n) is 0.151. The van der Waals surface area contributed by atoms with E-state index in [0.717, 1.165) is 0 Å². The van der Waals surface area contributed by atoms with Gasteiger partial charge in [0.15, 0.2) is 0 Å². The Hall–Kier alpha value is 0.400. The molecule has 0 bridgehead atoms. The van der Waals surface area contributed by atoms with Gasteiger partial charge in [0.05, 0.1) is 6.10 Å². The predicted octanol–water partition coefficient (Wildman–Crippen LogP) is 1.23. The van der Waals surface area contributed by atoms with Gasteiger partial charge in [0.2, 0.25) is 0 Å². The molecule has 0 heterocycles. The first-order valence-electron chi connectivity index (χ1n) is 1.88. The summed E-state index contributed by atoms with van der Waals surface area (Å²) in [7, 11) is 3.30. The van der Waals surface area contributed by atoms with E-state index in [1.807, 2.05) is 0 Å². The van der Waals surface area contributed by atoms with Crippen LogP contribution in [0.2, 0.25) is 0 Å². The van der Waals surface area contributed by atoms with E-state index in [0.29, 0.717) is 0 Å². The topological polar surface area (TPSA) is 26.3 Å². The van der Waals surface area contributed by atoms with Crippen LogP contribution in [0, 0.1) is 0 Å². The second-order valence-electron chi connectivity index (χ2n) is 1.34. The van der Waals surface area contributed by atoms with Gasteiger partial charge in [-0.25, -0.2) is 4.21 Å². The van der Waals surface area contributed by atoms with Crippen molar-refractivity contribution < 1.29 is 8.39 Å². The summed E-state index contributed by atoms with van der Waals surface area (Å²) in [5, 5.41) is 0. The van der Waals surface area contributed by atoms with Gasteiger partial charge in [-0.3, -0.25) is 4.18 Å². The van der Waals surface area contributed by atoms with Crippen molar-refractivity contribution in [2.45, 2.75) is 20.0 Å². The third-order valence-corrected chi connectivity index (χ3v) is 1.02. The van der Waals surface area contributed by atoms with Crippen LogP contribution >= 0.6 is 10.7 Å². The van der Waals surface area contributed by atoms with Gasteiger partial charge in [0.25, 0.3) is 10.3 Å². The predicted molar refractivity (Wildman–Crippen MR) is 30.2 cm³/mol. The van der Waals surface area contributed by atoms with Crippen LogP contribution in [0.5, 0.6) is 0 Å². The molecule has 0 fully saturated rings. The Morgan fingerprint density at radius 3 is 2.14 bits per heavy atom. The maximum Gasteiger partial charge on any atom is 0.256 e. The second-order valence-corrected chi connectivity index (χ2v) is 2.68. The van der Waals surface area contributed by atoms with Crippen LogP contribution in [0.25, 0.3) is 0 Å². The van der Waals surface area contributed by atoms with E-state index < -0.39 is 10.3 Å². The lowest BCUT2D eigenvalue weighted by Gasteiger charge is -1.97. The molecular weight excluding hydrogens is 136 g/mol. The first kappa shape index (κ1) is 7.40. The third kappa shape index (κ3) is 6.40. The van der Waals surface area contributed by atoms with Crippen LogP contribution < -0.4 is 0 Å². The molecule has 0 saturated carbocycles. The van der Waals surface area contributed by atoms with E-state index in [1.54, 1.807) is 13.8 Å². The van der Waals surface area contributed by atoms with Gasteiger partial charge in [0.1, 0.15) is 0 Å². The molecule has 44 valence electrons. The van der Waals surface area contributed by atoms with Gasteiger partial charge in [0, 0.05) is 10.7 Å². The number of rotatable bonds is 2. The molecule has 0 aliphatic carbocycles. The molecule has 0 amide bonds. The van der Waals surface area contributed by atoms with Crippen LogP contribution in [0.4, 0.5) is 0 Å². The Morgan fingerprint density at radius 1 is 1.71 bits per heavy atom. The maximum atomic E-state index is 9.91. The highest BCUT2D eigenvalue weighted by molar-refractivity contribution is 8.04. The molecule has 0 spiro atoms. The van der Waals surface area contributed by atoms with Crippen LogP contribution in [0.15, 0.2) is 0 Å². The van der Waals surface area contributed by atoms with Gasteiger partial charge in [-0.1, -0.05) is 0 Å². The van der Waals surface area contributed by atoms with Crippen LogP contribution in [0.3, 0.4) is 0 Å². The van der Waals surface area contributed by atoms with E-state index >= 15 is 0 Å². The van der Waals surface area contributed by atoms with E-state index in [9.17, 15) is 4.21 Å². The monoisotopic (exact) mass is 142 g/mol. The SMILES string of the molecule is CC(C)OS(=O)Cl. The molecule has 0 aliphatic rings. The lowest BCUT2D eigenvalue weighted by atomic mass is 10.5. The van der Waals surface area contributed by atoms with Crippen LogP contribution in [-0.4, -0.2) is 10.3 Å². The Kier molecular flexibility index (Phi) is 3.60. The first-order valence-corrected chi connectivity index (χ1v) is 3.78. The van der Waals surface area contributed by atoms with E-state index in [-0.39, 0.29) is 6.10 Å². The Balaban J connectivity index is 3.13. The van der Waals surface area contributed by atoms with Crippen molar-refractivity contribution in [2.75, 3.05) is 0 Å². The summed E-state index contributed by atoms with van der Waals surface area (Å²) < 4.78 is 14.4. The zero-order valence-corrected chi connectivity index (χ0v) is 5.75. The standard InChI is InChI=1S/C3H7ClO2S/c1-3(2)6-7(4)5/h3H,1-2H3. The lowest BCUT2D eigenvalue weighted by molar-refractivity contribution is 0.276. The molecule has 0 aromatic rings. The summed E-state index contributed by atoms with van der Waals surface area (Å²) in [6, 6.07) is 0. The third-order valence-electron chi connectivity index (χ3n) is 0.268. The highest BCUT2D eigenvalue weighted by Crippen LogP contribution is 1.95. The molecule has 0 N–H and O–H groups in total. The van der Waals surface area contributed by atoms with Gasteiger partial charge in [-0.2, -0.15) is 0 Å². The van der Waals surface area contributed by atoms with Crippen LogP contribution in [0.1, 0.15) is 13.8 Å². The Bertz CT molecular complexity index is 73.3. The minimum Gasteiger partial charge on any atom is -0.275 e. The minimum atomic E-state index is -1.62. The molecule has 0 aromatic carbocycles. The summed E-state index contributed by atoms with van der Waals surface area (Å²) in [5.41, 5.74) is 0. The normalized spacial score (nSPS) is 14.9. The smallest absolute Gasteiger partial charge is 0.256 e. The van der Waals surface area contributed by atoms with Crippen molar-refractivity contribution in [3.63, 3.8) is 0 Å². The van der Waals surface area contributed by atoms with Crippen molar-refractivity contribution in [3.8, 4) is 0 Å². The molecule has 2 nitrogen and oxygen atoms in total. The molecule has 0 aromatic heterocycles. The average molecular weight is 143 g/mol. The minimum absolute atomic E-state index is 0.0571. The molecule has 7 heavy (non-hydrogen) atoms. The summed E-state index contributed by atoms with van der Waals surface area (Å²) in [6.07, 6.45) is -0.0571. The maximum absolute atomic E-state index is 9.91. The zero-order valence-electron chi connectivity index (χ0n) is 4.18. The molecular formula is C3H7ClO2S. The largest absolute Gasteiger partial charge is 0.275 e. The Morgan fingerprint density at radius 2 is 2.14 bits per heavy atom. The summed E-state index contributed by atoms with van der Waals surface area (Å²) in [5.74, 6) is 0. The molecule has 0 radical (unpaired) electrons.